The number of benzene rings is 2. The highest BCUT2D eigenvalue weighted by Crippen LogP contribution is 2.35. The summed E-state index contributed by atoms with van der Waals surface area (Å²) < 4.78 is 24.2. The van der Waals surface area contributed by atoms with E-state index in [1.807, 2.05) is 53.2 Å². The molecule has 0 aliphatic carbocycles. The van der Waals surface area contributed by atoms with Gasteiger partial charge in [-0.05, 0) is 48.0 Å². The average molecular weight is 444 g/mol. The molecule has 0 amide bonds. The van der Waals surface area contributed by atoms with Crippen LogP contribution in [0.1, 0.15) is 6.42 Å². The standard InChI is InChI=1S/C26H25N3O4/c1-30-24-9-5-19(15-25(24)33-22-12-14-32-17-22)23-11-13-28-29(23)21-7-3-18(4-8-21)20-6-10-26(31-2)27-16-20/h3-11,13,15-16,22H,12,14,17H2,1-2H3. The van der Waals surface area contributed by atoms with Gasteiger partial charge in [-0.3, -0.25) is 0 Å². The summed E-state index contributed by atoms with van der Waals surface area (Å²) in [5.41, 5.74) is 5.01. The second-order valence-corrected chi connectivity index (χ2v) is 7.73. The first-order chi connectivity index (χ1) is 16.2. The van der Waals surface area contributed by atoms with Crippen molar-refractivity contribution < 1.29 is 18.9 Å². The third kappa shape index (κ3) is 4.40. The minimum Gasteiger partial charge on any atom is -0.493 e. The molecular weight excluding hydrogens is 418 g/mol. The summed E-state index contributed by atoms with van der Waals surface area (Å²) in [6.45, 7) is 1.32. The van der Waals surface area contributed by atoms with E-state index in [1.165, 1.54) is 0 Å². The van der Waals surface area contributed by atoms with Crippen LogP contribution in [0.15, 0.2) is 73.1 Å². The number of rotatable bonds is 7. The summed E-state index contributed by atoms with van der Waals surface area (Å²) in [4.78, 5) is 4.29. The van der Waals surface area contributed by atoms with Crippen LogP contribution in [0.25, 0.3) is 28.1 Å². The normalized spacial score (nSPS) is 15.4. The van der Waals surface area contributed by atoms with Gasteiger partial charge in [0, 0.05) is 29.8 Å². The lowest BCUT2D eigenvalue weighted by atomic mass is 10.1. The predicted octanol–water partition coefficient (Wildman–Crippen LogP) is 4.79. The van der Waals surface area contributed by atoms with Crippen LogP contribution in [0.3, 0.4) is 0 Å². The minimum absolute atomic E-state index is 0.0408. The van der Waals surface area contributed by atoms with Crippen molar-refractivity contribution in [3.63, 3.8) is 0 Å². The highest BCUT2D eigenvalue weighted by atomic mass is 16.6. The summed E-state index contributed by atoms with van der Waals surface area (Å²) >= 11 is 0. The number of ether oxygens (including phenoxy) is 4. The number of nitrogens with zero attached hydrogens (tertiary/aromatic N) is 3. The highest BCUT2D eigenvalue weighted by Gasteiger charge is 2.20. The van der Waals surface area contributed by atoms with Crippen LogP contribution < -0.4 is 14.2 Å². The third-order valence-corrected chi connectivity index (χ3v) is 5.67. The van der Waals surface area contributed by atoms with Crippen molar-refractivity contribution in [2.24, 2.45) is 0 Å². The quantitative estimate of drug-likeness (QED) is 0.409. The highest BCUT2D eigenvalue weighted by molar-refractivity contribution is 5.68. The lowest BCUT2D eigenvalue weighted by Crippen LogP contribution is -2.16. The van der Waals surface area contributed by atoms with Gasteiger partial charge in [-0.2, -0.15) is 5.10 Å². The van der Waals surface area contributed by atoms with Crippen LogP contribution >= 0.6 is 0 Å². The van der Waals surface area contributed by atoms with Gasteiger partial charge in [0.2, 0.25) is 5.88 Å². The molecule has 0 spiro atoms. The maximum atomic E-state index is 6.17. The van der Waals surface area contributed by atoms with Crippen molar-refractivity contribution in [1.29, 1.82) is 0 Å². The second-order valence-electron chi connectivity index (χ2n) is 7.73. The van der Waals surface area contributed by atoms with Crippen LogP contribution in [0.5, 0.6) is 17.4 Å². The van der Waals surface area contributed by atoms with Gasteiger partial charge in [0.15, 0.2) is 11.5 Å². The lowest BCUT2D eigenvalue weighted by Gasteiger charge is -2.16. The Bertz CT molecular complexity index is 1210. The van der Waals surface area contributed by atoms with Gasteiger partial charge in [0.05, 0.1) is 45.0 Å². The molecule has 2 aromatic carbocycles. The van der Waals surface area contributed by atoms with Crippen molar-refractivity contribution in [2.75, 3.05) is 27.4 Å². The Balaban J connectivity index is 1.43. The van der Waals surface area contributed by atoms with E-state index in [2.05, 4.69) is 22.2 Å². The SMILES string of the molecule is COc1ccc(-c2ccc(-n3nccc3-c3ccc(OC)c(OC4CCOC4)c3)cc2)cn1. The Morgan fingerprint density at radius 1 is 0.879 bits per heavy atom. The summed E-state index contributed by atoms with van der Waals surface area (Å²) in [5, 5.41) is 4.56. The zero-order valence-electron chi connectivity index (χ0n) is 18.6. The van der Waals surface area contributed by atoms with Crippen LogP contribution in [-0.2, 0) is 4.74 Å². The number of methoxy groups -OCH3 is 2. The molecule has 1 fully saturated rings. The molecule has 3 heterocycles. The third-order valence-electron chi connectivity index (χ3n) is 5.67. The van der Waals surface area contributed by atoms with Gasteiger partial charge in [0.1, 0.15) is 6.10 Å². The Kier molecular flexibility index (Phi) is 5.95. The monoisotopic (exact) mass is 443 g/mol. The van der Waals surface area contributed by atoms with Gasteiger partial charge in [0.25, 0.3) is 0 Å². The second kappa shape index (κ2) is 9.34. The Morgan fingerprint density at radius 3 is 2.39 bits per heavy atom. The number of hydrogen-bond donors (Lipinski definition) is 0. The van der Waals surface area contributed by atoms with E-state index in [1.54, 1.807) is 26.6 Å². The van der Waals surface area contributed by atoms with Gasteiger partial charge in [-0.15, -0.1) is 0 Å². The van der Waals surface area contributed by atoms with Crippen LogP contribution in [0.2, 0.25) is 0 Å². The molecule has 0 bridgehead atoms. The fraction of sp³-hybridized carbons (Fsp3) is 0.231. The molecule has 7 nitrogen and oxygen atoms in total. The van der Waals surface area contributed by atoms with Crippen molar-refractivity contribution in [1.82, 2.24) is 14.8 Å². The van der Waals surface area contributed by atoms with E-state index in [0.29, 0.717) is 24.0 Å². The molecule has 168 valence electrons. The van der Waals surface area contributed by atoms with E-state index >= 15 is 0 Å². The predicted molar refractivity (Wildman–Crippen MR) is 125 cm³/mol. The first-order valence-corrected chi connectivity index (χ1v) is 10.8. The zero-order valence-corrected chi connectivity index (χ0v) is 18.6. The molecule has 1 atom stereocenters. The molecule has 1 aliphatic heterocycles. The summed E-state index contributed by atoms with van der Waals surface area (Å²) in [5.74, 6) is 2.01. The molecule has 33 heavy (non-hydrogen) atoms. The fourth-order valence-electron chi connectivity index (χ4n) is 3.91. The summed E-state index contributed by atoms with van der Waals surface area (Å²) in [6, 6.07) is 20.0. The molecule has 7 heteroatoms. The molecule has 5 rings (SSSR count). The molecule has 0 saturated carbocycles. The lowest BCUT2D eigenvalue weighted by molar-refractivity contribution is 0.138. The summed E-state index contributed by atoms with van der Waals surface area (Å²) in [7, 11) is 3.26. The maximum absolute atomic E-state index is 6.17. The van der Waals surface area contributed by atoms with E-state index in [9.17, 15) is 0 Å². The van der Waals surface area contributed by atoms with Crippen molar-refractivity contribution in [3.8, 4) is 45.5 Å². The van der Waals surface area contributed by atoms with Crippen LogP contribution in [0.4, 0.5) is 0 Å². The largest absolute Gasteiger partial charge is 0.493 e. The Hall–Kier alpha value is -3.84. The number of pyridine rings is 1. The van der Waals surface area contributed by atoms with Gasteiger partial charge in [-0.1, -0.05) is 12.1 Å². The molecule has 1 unspecified atom stereocenters. The molecule has 4 aromatic rings. The summed E-state index contributed by atoms with van der Waals surface area (Å²) in [6.07, 6.45) is 4.52. The van der Waals surface area contributed by atoms with Crippen molar-refractivity contribution >= 4 is 0 Å². The molecular formula is C26H25N3O4. The number of hydrogen-bond acceptors (Lipinski definition) is 6. The minimum atomic E-state index is 0.0408. The van der Waals surface area contributed by atoms with Crippen LogP contribution in [0, 0.1) is 0 Å². The Morgan fingerprint density at radius 2 is 1.70 bits per heavy atom. The van der Waals surface area contributed by atoms with E-state index in [4.69, 9.17) is 18.9 Å². The van der Waals surface area contributed by atoms with Crippen LogP contribution in [-0.4, -0.2) is 48.3 Å². The topological polar surface area (TPSA) is 67.6 Å². The zero-order chi connectivity index (χ0) is 22.6. The van der Waals surface area contributed by atoms with Gasteiger partial charge in [-0.25, -0.2) is 9.67 Å². The maximum Gasteiger partial charge on any atom is 0.212 e. The van der Waals surface area contributed by atoms with Gasteiger partial charge >= 0.3 is 0 Å². The van der Waals surface area contributed by atoms with Gasteiger partial charge < -0.3 is 18.9 Å². The average Bonchev–Trinajstić information content (AvgIpc) is 3.57. The number of aromatic nitrogens is 3. The van der Waals surface area contributed by atoms with E-state index in [-0.39, 0.29) is 6.10 Å². The first kappa shape index (κ1) is 21.0. The smallest absolute Gasteiger partial charge is 0.212 e. The molecule has 1 aliphatic rings. The fourth-order valence-corrected chi connectivity index (χ4v) is 3.91. The molecule has 1 saturated heterocycles. The molecule has 0 radical (unpaired) electrons. The van der Waals surface area contributed by atoms with E-state index in [0.717, 1.165) is 41.1 Å². The van der Waals surface area contributed by atoms with Crippen molar-refractivity contribution in [3.05, 3.63) is 73.1 Å². The molecule has 2 aromatic heterocycles. The van der Waals surface area contributed by atoms with Crippen molar-refractivity contribution in [2.45, 2.75) is 12.5 Å². The van der Waals surface area contributed by atoms with E-state index < -0.39 is 0 Å². The Labute approximate surface area is 192 Å². The molecule has 0 N–H and O–H groups in total. The first-order valence-electron chi connectivity index (χ1n) is 10.8.